The van der Waals surface area contributed by atoms with Crippen molar-refractivity contribution in [3.63, 3.8) is 0 Å². The lowest BCUT2D eigenvalue weighted by Crippen LogP contribution is -2.36. The number of aryl methyl sites for hydroxylation is 1. The standard InChI is InChI=1S/C12H15NO2S2/c1-10-3-5-12(6-4-10)17(14,15)13-7-8-16-11(2)9-13/h3-6H,2,7-9H2,1H3. The van der Waals surface area contributed by atoms with E-state index in [2.05, 4.69) is 6.58 Å². The van der Waals surface area contributed by atoms with Crippen LogP contribution in [-0.4, -0.2) is 31.6 Å². The second-order valence-corrected chi connectivity index (χ2v) is 7.25. The number of benzene rings is 1. The van der Waals surface area contributed by atoms with Crippen LogP contribution in [0.25, 0.3) is 0 Å². The van der Waals surface area contributed by atoms with Gasteiger partial charge in [-0.1, -0.05) is 24.3 Å². The number of nitrogens with zero attached hydrogens (tertiary/aromatic N) is 1. The third kappa shape index (κ3) is 2.73. The SMILES string of the molecule is C=C1CN(S(=O)(=O)c2ccc(C)cc2)CCS1. The first kappa shape index (κ1) is 12.7. The van der Waals surface area contributed by atoms with Crippen LogP contribution in [-0.2, 0) is 10.0 Å². The van der Waals surface area contributed by atoms with Gasteiger partial charge in [-0.05, 0) is 24.0 Å². The lowest BCUT2D eigenvalue weighted by molar-refractivity contribution is 0.455. The minimum absolute atomic E-state index is 0.364. The Morgan fingerprint density at radius 3 is 2.53 bits per heavy atom. The Labute approximate surface area is 107 Å². The van der Waals surface area contributed by atoms with Crippen molar-refractivity contribution in [2.75, 3.05) is 18.8 Å². The Morgan fingerprint density at radius 1 is 1.29 bits per heavy atom. The van der Waals surface area contributed by atoms with E-state index in [0.717, 1.165) is 16.2 Å². The molecule has 0 spiro atoms. The van der Waals surface area contributed by atoms with E-state index in [4.69, 9.17) is 0 Å². The van der Waals surface area contributed by atoms with Gasteiger partial charge in [-0.3, -0.25) is 0 Å². The van der Waals surface area contributed by atoms with E-state index in [1.165, 1.54) is 4.31 Å². The molecule has 92 valence electrons. The fraction of sp³-hybridized carbons (Fsp3) is 0.333. The van der Waals surface area contributed by atoms with Crippen LogP contribution in [0.3, 0.4) is 0 Å². The summed E-state index contributed by atoms with van der Waals surface area (Å²) < 4.78 is 26.1. The molecule has 1 aromatic carbocycles. The first-order valence-electron chi connectivity index (χ1n) is 5.37. The van der Waals surface area contributed by atoms with Crippen LogP contribution >= 0.6 is 11.8 Å². The van der Waals surface area contributed by atoms with Crippen LogP contribution in [0.4, 0.5) is 0 Å². The highest BCUT2D eigenvalue weighted by molar-refractivity contribution is 8.03. The molecule has 1 aromatic rings. The monoisotopic (exact) mass is 269 g/mol. The Morgan fingerprint density at radius 2 is 1.94 bits per heavy atom. The fourth-order valence-corrected chi connectivity index (χ4v) is 4.16. The second kappa shape index (κ2) is 4.84. The summed E-state index contributed by atoms with van der Waals surface area (Å²) in [7, 11) is -3.35. The molecule has 2 rings (SSSR count). The first-order chi connectivity index (χ1) is 8.00. The van der Waals surface area contributed by atoms with Crippen molar-refractivity contribution in [1.29, 1.82) is 0 Å². The van der Waals surface area contributed by atoms with E-state index in [1.54, 1.807) is 23.9 Å². The van der Waals surface area contributed by atoms with Gasteiger partial charge in [0, 0.05) is 18.8 Å². The molecule has 1 saturated heterocycles. The Balaban J connectivity index is 2.29. The van der Waals surface area contributed by atoms with Gasteiger partial charge in [0.15, 0.2) is 0 Å². The third-order valence-corrected chi connectivity index (χ3v) is 5.44. The molecule has 0 radical (unpaired) electrons. The van der Waals surface area contributed by atoms with Gasteiger partial charge in [0.25, 0.3) is 0 Å². The van der Waals surface area contributed by atoms with Crippen molar-refractivity contribution in [3.05, 3.63) is 41.3 Å². The lowest BCUT2D eigenvalue weighted by Gasteiger charge is -2.26. The molecule has 0 amide bonds. The fourth-order valence-electron chi connectivity index (χ4n) is 1.68. The summed E-state index contributed by atoms with van der Waals surface area (Å²) in [6, 6.07) is 6.96. The highest BCUT2D eigenvalue weighted by atomic mass is 32.2. The maximum absolute atomic E-state index is 12.3. The Kier molecular flexibility index (Phi) is 3.61. The topological polar surface area (TPSA) is 37.4 Å². The molecular formula is C12H15NO2S2. The van der Waals surface area contributed by atoms with Gasteiger partial charge in [0.2, 0.25) is 10.0 Å². The molecule has 0 aliphatic carbocycles. The first-order valence-corrected chi connectivity index (χ1v) is 7.80. The van der Waals surface area contributed by atoms with E-state index in [0.29, 0.717) is 18.0 Å². The molecule has 3 nitrogen and oxygen atoms in total. The van der Waals surface area contributed by atoms with Crippen molar-refractivity contribution in [3.8, 4) is 0 Å². The molecule has 17 heavy (non-hydrogen) atoms. The smallest absolute Gasteiger partial charge is 0.207 e. The summed E-state index contributed by atoms with van der Waals surface area (Å²) in [6.07, 6.45) is 0. The van der Waals surface area contributed by atoms with E-state index < -0.39 is 10.0 Å². The molecule has 0 N–H and O–H groups in total. The Hall–Kier alpha value is -0.780. The maximum Gasteiger partial charge on any atom is 0.243 e. The quantitative estimate of drug-likeness (QED) is 0.826. The van der Waals surface area contributed by atoms with Crippen molar-refractivity contribution in [2.45, 2.75) is 11.8 Å². The molecule has 0 atom stereocenters. The third-order valence-electron chi connectivity index (χ3n) is 2.66. The predicted molar refractivity (Wildman–Crippen MR) is 71.5 cm³/mol. The number of sulfonamides is 1. The zero-order chi connectivity index (χ0) is 12.5. The van der Waals surface area contributed by atoms with E-state index in [9.17, 15) is 8.42 Å². The van der Waals surface area contributed by atoms with Crippen LogP contribution in [0, 0.1) is 6.92 Å². The average Bonchev–Trinajstić information content (AvgIpc) is 2.29. The molecule has 0 aromatic heterocycles. The Bertz CT molecular complexity index is 520. The summed E-state index contributed by atoms with van der Waals surface area (Å²) >= 11 is 1.64. The van der Waals surface area contributed by atoms with E-state index in [1.807, 2.05) is 19.1 Å². The summed E-state index contributed by atoms with van der Waals surface area (Å²) in [5.41, 5.74) is 1.06. The van der Waals surface area contributed by atoms with Gasteiger partial charge < -0.3 is 0 Å². The number of hydrogen-bond acceptors (Lipinski definition) is 3. The van der Waals surface area contributed by atoms with Crippen LogP contribution in [0.5, 0.6) is 0 Å². The zero-order valence-corrected chi connectivity index (χ0v) is 11.4. The van der Waals surface area contributed by atoms with Crippen LogP contribution in [0.1, 0.15) is 5.56 Å². The highest BCUT2D eigenvalue weighted by Crippen LogP contribution is 2.25. The van der Waals surface area contributed by atoms with Crippen molar-refractivity contribution >= 4 is 21.8 Å². The number of thioether (sulfide) groups is 1. The molecule has 0 unspecified atom stereocenters. The summed E-state index contributed by atoms with van der Waals surface area (Å²) in [4.78, 5) is 1.27. The predicted octanol–water partition coefficient (Wildman–Crippen LogP) is 2.25. The summed E-state index contributed by atoms with van der Waals surface area (Å²) in [5, 5.41) is 0. The number of rotatable bonds is 2. The minimum atomic E-state index is -3.35. The molecule has 1 aliphatic rings. The average molecular weight is 269 g/mol. The van der Waals surface area contributed by atoms with Crippen molar-refractivity contribution in [2.24, 2.45) is 0 Å². The van der Waals surface area contributed by atoms with E-state index >= 15 is 0 Å². The van der Waals surface area contributed by atoms with Crippen molar-refractivity contribution < 1.29 is 8.42 Å². The van der Waals surface area contributed by atoms with E-state index in [-0.39, 0.29) is 0 Å². The van der Waals surface area contributed by atoms with Crippen LogP contribution < -0.4 is 0 Å². The molecule has 5 heteroatoms. The lowest BCUT2D eigenvalue weighted by atomic mass is 10.2. The highest BCUT2D eigenvalue weighted by Gasteiger charge is 2.27. The molecular weight excluding hydrogens is 254 g/mol. The van der Waals surface area contributed by atoms with Crippen LogP contribution in [0.2, 0.25) is 0 Å². The second-order valence-electron chi connectivity index (χ2n) is 4.04. The van der Waals surface area contributed by atoms with Gasteiger partial charge in [0.05, 0.1) is 4.90 Å². The van der Waals surface area contributed by atoms with Gasteiger partial charge >= 0.3 is 0 Å². The van der Waals surface area contributed by atoms with Crippen molar-refractivity contribution in [1.82, 2.24) is 4.31 Å². The van der Waals surface area contributed by atoms with Crippen LogP contribution in [0.15, 0.2) is 40.6 Å². The van der Waals surface area contributed by atoms with Gasteiger partial charge in [-0.15, -0.1) is 11.8 Å². The molecule has 1 aliphatic heterocycles. The molecule has 1 fully saturated rings. The molecule has 0 bridgehead atoms. The molecule has 0 saturated carbocycles. The van der Waals surface area contributed by atoms with Gasteiger partial charge in [-0.2, -0.15) is 4.31 Å². The van der Waals surface area contributed by atoms with Gasteiger partial charge in [-0.25, -0.2) is 8.42 Å². The van der Waals surface area contributed by atoms with Gasteiger partial charge in [0.1, 0.15) is 0 Å². The number of hydrogen-bond donors (Lipinski definition) is 0. The maximum atomic E-state index is 12.3. The minimum Gasteiger partial charge on any atom is -0.207 e. The summed E-state index contributed by atoms with van der Waals surface area (Å²) in [6.45, 7) is 6.76. The zero-order valence-electron chi connectivity index (χ0n) is 9.72. The normalized spacial score (nSPS) is 18.3. The molecule has 1 heterocycles. The summed E-state index contributed by atoms with van der Waals surface area (Å²) in [5.74, 6) is 0.782. The largest absolute Gasteiger partial charge is 0.243 e.